The minimum atomic E-state index is 0.495. The predicted octanol–water partition coefficient (Wildman–Crippen LogP) is 5.89. The molecule has 0 radical (unpaired) electrons. The van der Waals surface area contributed by atoms with E-state index in [2.05, 4.69) is 21.0 Å². The van der Waals surface area contributed by atoms with Crippen LogP contribution >= 0.6 is 27.5 Å². The molecule has 0 amide bonds. The molecule has 0 heterocycles. The minimum Gasteiger partial charge on any atom is -0.495 e. The van der Waals surface area contributed by atoms with Crippen LogP contribution in [0.15, 0.2) is 86.8 Å². The van der Waals surface area contributed by atoms with Gasteiger partial charge in [-0.2, -0.15) is 10.2 Å². The predicted molar refractivity (Wildman–Crippen MR) is 126 cm³/mol. The van der Waals surface area contributed by atoms with Gasteiger partial charge in [-0.1, -0.05) is 42.0 Å². The lowest BCUT2D eigenvalue weighted by Gasteiger charge is -2.19. The number of hydrogen-bond acceptors (Lipinski definition) is 5. The van der Waals surface area contributed by atoms with Crippen LogP contribution in [-0.2, 0) is 4.74 Å². The van der Waals surface area contributed by atoms with Gasteiger partial charge in [-0.25, -0.2) is 5.84 Å². The van der Waals surface area contributed by atoms with Gasteiger partial charge < -0.3 is 9.47 Å². The van der Waals surface area contributed by atoms with E-state index in [0.717, 1.165) is 34.5 Å². The van der Waals surface area contributed by atoms with Crippen molar-refractivity contribution in [2.24, 2.45) is 10.9 Å². The Morgan fingerprint density at radius 1 is 1.13 bits per heavy atom. The first kappa shape index (κ1) is 22.4. The van der Waals surface area contributed by atoms with Crippen molar-refractivity contribution in [3.05, 3.63) is 87.3 Å². The molecule has 2 N–H and O–H groups in total. The first-order chi connectivity index (χ1) is 14.5. The molecule has 0 unspecified atom stereocenters. The van der Waals surface area contributed by atoms with Gasteiger partial charge in [0.1, 0.15) is 17.2 Å². The van der Waals surface area contributed by atoms with Gasteiger partial charge in [0, 0.05) is 24.3 Å². The number of ether oxygens (including phenoxy) is 2. The van der Waals surface area contributed by atoms with Gasteiger partial charge in [0.05, 0.1) is 23.4 Å². The van der Waals surface area contributed by atoms with Crippen molar-refractivity contribution < 1.29 is 9.47 Å². The Labute approximate surface area is 191 Å². The normalized spacial score (nSPS) is 17.2. The summed E-state index contributed by atoms with van der Waals surface area (Å²) >= 11 is 9.78. The van der Waals surface area contributed by atoms with Crippen LogP contribution in [0.3, 0.4) is 0 Å². The van der Waals surface area contributed by atoms with E-state index < -0.39 is 0 Å². The molecule has 0 saturated carbocycles. The molecule has 0 aliphatic heterocycles. The molecule has 1 aromatic rings. The smallest absolute Gasteiger partial charge is 0.133 e. The van der Waals surface area contributed by atoms with Crippen molar-refractivity contribution >= 4 is 33.2 Å². The van der Waals surface area contributed by atoms with Crippen LogP contribution in [0.5, 0.6) is 5.75 Å². The third kappa shape index (κ3) is 6.62. The van der Waals surface area contributed by atoms with Crippen molar-refractivity contribution in [1.29, 1.82) is 0 Å². The van der Waals surface area contributed by atoms with Crippen molar-refractivity contribution in [3.63, 3.8) is 0 Å². The standard InChI is InChI=1S/C23H25BrClN3O2/c1-17-11-12-22(20(24)15-17)29-13-6-14-30-23-10-5-7-18(25)16-21(23)28(26)27-19-8-3-2-4-9-19/h2-5,7-8,11-12,15-16H,6,9-10,13-14,26H2,1H3/b27-19-. The molecule has 30 heavy (non-hydrogen) atoms. The van der Waals surface area contributed by atoms with Crippen LogP contribution in [0.4, 0.5) is 0 Å². The largest absolute Gasteiger partial charge is 0.495 e. The number of hydrazine groups is 1. The van der Waals surface area contributed by atoms with Crippen LogP contribution in [0.2, 0.25) is 0 Å². The average molecular weight is 491 g/mol. The number of aryl methyl sites for hydroxylation is 1. The maximum Gasteiger partial charge on any atom is 0.133 e. The SMILES string of the molecule is Cc1ccc(OCCCOC2=C(N(N)/N=C3/C=CC=CC3)C=C(Cl)C=CC2)c(Br)c1. The molecule has 0 aromatic heterocycles. The van der Waals surface area contributed by atoms with E-state index in [1.54, 1.807) is 6.08 Å². The number of rotatable bonds is 8. The molecular formula is C23H25BrClN3O2. The van der Waals surface area contributed by atoms with Crippen molar-refractivity contribution in [2.75, 3.05) is 13.2 Å². The molecule has 158 valence electrons. The topological polar surface area (TPSA) is 60.1 Å². The zero-order valence-electron chi connectivity index (χ0n) is 16.9. The van der Waals surface area contributed by atoms with Crippen LogP contribution in [0.25, 0.3) is 0 Å². The van der Waals surface area contributed by atoms with E-state index in [1.165, 1.54) is 10.7 Å². The second-order valence-corrected chi connectivity index (χ2v) is 8.15. The maximum absolute atomic E-state index is 6.25. The van der Waals surface area contributed by atoms with Crippen molar-refractivity contribution in [1.82, 2.24) is 5.12 Å². The Morgan fingerprint density at radius 2 is 1.97 bits per heavy atom. The first-order valence-corrected chi connectivity index (χ1v) is 10.9. The summed E-state index contributed by atoms with van der Waals surface area (Å²) in [6.45, 7) is 3.08. The van der Waals surface area contributed by atoms with Crippen LogP contribution in [-0.4, -0.2) is 24.0 Å². The average Bonchev–Trinajstić information content (AvgIpc) is 2.91. The monoisotopic (exact) mass is 489 g/mol. The number of benzene rings is 1. The van der Waals surface area contributed by atoms with E-state index in [1.807, 2.05) is 61.6 Å². The molecule has 3 rings (SSSR count). The summed E-state index contributed by atoms with van der Waals surface area (Å²) in [5.41, 5.74) is 2.69. The third-order valence-electron chi connectivity index (χ3n) is 4.40. The summed E-state index contributed by atoms with van der Waals surface area (Å²) in [4.78, 5) is 0. The second kappa shape index (κ2) is 11.2. The number of hydrazone groups is 1. The first-order valence-electron chi connectivity index (χ1n) is 9.77. The number of nitrogens with two attached hydrogens (primary N) is 1. The summed E-state index contributed by atoms with van der Waals surface area (Å²) in [5, 5.41) is 6.39. The number of hydrogen-bond donors (Lipinski definition) is 1. The molecule has 2 aliphatic carbocycles. The molecule has 7 heteroatoms. The Kier molecular flexibility index (Phi) is 8.37. The van der Waals surface area contributed by atoms with Gasteiger partial charge in [0.2, 0.25) is 0 Å². The summed E-state index contributed by atoms with van der Waals surface area (Å²) < 4.78 is 12.8. The molecule has 1 aromatic carbocycles. The molecule has 0 atom stereocenters. The van der Waals surface area contributed by atoms with Gasteiger partial charge in [0.25, 0.3) is 0 Å². The van der Waals surface area contributed by atoms with Crippen molar-refractivity contribution in [2.45, 2.75) is 26.2 Å². The zero-order chi connectivity index (χ0) is 21.3. The van der Waals surface area contributed by atoms with Gasteiger partial charge in [-0.15, -0.1) is 0 Å². The fraction of sp³-hybridized carbons (Fsp3) is 0.261. The van der Waals surface area contributed by atoms with Gasteiger partial charge in [0.15, 0.2) is 0 Å². The van der Waals surface area contributed by atoms with Crippen LogP contribution in [0, 0.1) is 6.92 Å². The number of nitrogens with zero attached hydrogens (tertiary/aromatic N) is 2. The Hall–Kier alpha value is -2.28. The van der Waals surface area contributed by atoms with Gasteiger partial charge >= 0.3 is 0 Å². The van der Waals surface area contributed by atoms with E-state index in [0.29, 0.717) is 30.4 Å². The van der Waals surface area contributed by atoms with Crippen LogP contribution < -0.4 is 10.6 Å². The van der Waals surface area contributed by atoms with E-state index in [9.17, 15) is 0 Å². The lowest BCUT2D eigenvalue weighted by Crippen LogP contribution is -2.27. The molecule has 5 nitrogen and oxygen atoms in total. The third-order valence-corrected chi connectivity index (χ3v) is 5.25. The molecule has 0 fully saturated rings. The molecular weight excluding hydrogens is 466 g/mol. The molecule has 0 spiro atoms. The zero-order valence-corrected chi connectivity index (χ0v) is 19.2. The maximum atomic E-state index is 6.25. The van der Waals surface area contributed by atoms with Crippen LogP contribution in [0.1, 0.15) is 24.8 Å². The Bertz CT molecular complexity index is 948. The van der Waals surface area contributed by atoms with E-state index >= 15 is 0 Å². The number of allylic oxidation sites excluding steroid dienone is 8. The summed E-state index contributed by atoms with van der Waals surface area (Å²) in [6, 6.07) is 6.02. The highest BCUT2D eigenvalue weighted by molar-refractivity contribution is 9.10. The quantitative estimate of drug-likeness (QED) is 0.281. The second-order valence-electron chi connectivity index (χ2n) is 6.86. The lowest BCUT2D eigenvalue weighted by molar-refractivity contribution is 0.169. The highest BCUT2D eigenvalue weighted by Crippen LogP contribution is 2.26. The Morgan fingerprint density at radius 3 is 2.73 bits per heavy atom. The van der Waals surface area contributed by atoms with E-state index in [4.69, 9.17) is 26.9 Å². The fourth-order valence-corrected chi connectivity index (χ4v) is 3.70. The number of halogens is 2. The lowest BCUT2D eigenvalue weighted by atomic mass is 10.2. The fourth-order valence-electron chi connectivity index (χ4n) is 2.90. The van der Waals surface area contributed by atoms with E-state index in [-0.39, 0.29) is 0 Å². The molecule has 0 bridgehead atoms. The minimum absolute atomic E-state index is 0.495. The molecule has 2 aliphatic rings. The molecule has 0 saturated heterocycles. The van der Waals surface area contributed by atoms with Gasteiger partial charge in [-0.3, -0.25) is 0 Å². The Balaban J connectivity index is 1.60. The highest BCUT2D eigenvalue weighted by Gasteiger charge is 2.15. The van der Waals surface area contributed by atoms with Crippen molar-refractivity contribution in [3.8, 4) is 5.75 Å². The highest BCUT2D eigenvalue weighted by atomic mass is 79.9. The van der Waals surface area contributed by atoms with Gasteiger partial charge in [-0.05, 0) is 58.8 Å². The summed E-state index contributed by atoms with van der Waals surface area (Å²) in [7, 11) is 0. The summed E-state index contributed by atoms with van der Waals surface area (Å²) in [5.74, 6) is 7.77. The summed E-state index contributed by atoms with van der Waals surface area (Å²) in [6.07, 6.45) is 15.5.